The summed E-state index contributed by atoms with van der Waals surface area (Å²) in [5.74, 6) is 0. The molecule has 0 spiro atoms. The lowest BCUT2D eigenvalue weighted by Crippen LogP contribution is -2.23. The molecule has 27 heavy (non-hydrogen) atoms. The molecule has 5 nitrogen and oxygen atoms in total. The molecule has 4 aromatic rings. The molecule has 0 amide bonds. The number of hydrogen-bond acceptors (Lipinski definition) is 4. The van der Waals surface area contributed by atoms with Crippen molar-refractivity contribution in [1.29, 1.82) is 0 Å². The summed E-state index contributed by atoms with van der Waals surface area (Å²) in [6, 6.07) is 10.1. The number of H-pyrrole nitrogens is 2. The van der Waals surface area contributed by atoms with Crippen LogP contribution in [0.2, 0.25) is 0 Å². The Hall–Kier alpha value is -2.15. The Morgan fingerprint density at radius 2 is 1.78 bits per heavy atom. The fourth-order valence-electron chi connectivity index (χ4n) is 3.50. The van der Waals surface area contributed by atoms with E-state index in [0.717, 1.165) is 42.9 Å². The minimum absolute atomic E-state index is 0.678. The summed E-state index contributed by atoms with van der Waals surface area (Å²) in [5, 5.41) is 29.7. The van der Waals surface area contributed by atoms with Gasteiger partial charge in [-0.25, -0.2) is 0 Å². The second-order valence-corrected chi connectivity index (χ2v) is 8.76. The Bertz CT molecular complexity index is 1110. The SMILES string of the molecule is CCC(O)(CC)c1ccc2cc(-c3n[nH]c4cc(C(C)(C)O)sc34)[nH]c2c1. The molecule has 4 rings (SSSR count). The van der Waals surface area contributed by atoms with Crippen LogP contribution in [0.1, 0.15) is 51.0 Å². The Labute approximate surface area is 162 Å². The topological polar surface area (TPSA) is 84.9 Å². The third-order valence-electron chi connectivity index (χ3n) is 5.42. The molecule has 1 aromatic carbocycles. The molecule has 6 heteroatoms. The van der Waals surface area contributed by atoms with Gasteiger partial charge in [0, 0.05) is 15.8 Å². The minimum atomic E-state index is -0.873. The van der Waals surface area contributed by atoms with Crippen molar-refractivity contribution in [3.05, 3.63) is 40.8 Å². The van der Waals surface area contributed by atoms with Crippen molar-refractivity contribution in [2.24, 2.45) is 0 Å². The molecule has 0 aliphatic carbocycles. The predicted octanol–water partition coefficient (Wildman–Crippen LogP) is 5.01. The van der Waals surface area contributed by atoms with Gasteiger partial charge in [-0.05, 0) is 50.5 Å². The molecule has 0 saturated carbocycles. The Morgan fingerprint density at radius 1 is 1.04 bits per heavy atom. The van der Waals surface area contributed by atoms with Crippen LogP contribution in [0.4, 0.5) is 0 Å². The summed E-state index contributed by atoms with van der Waals surface area (Å²) in [6.07, 6.45) is 1.36. The number of benzene rings is 1. The first-order valence-electron chi connectivity index (χ1n) is 9.32. The highest BCUT2D eigenvalue weighted by Gasteiger charge is 2.26. The van der Waals surface area contributed by atoms with E-state index in [9.17, 15) is 10.2 Å². The lowest BCUT2D eigenvalue weighted by Gasteiger charge is -2.25. The number of hydrogen-bond donors (Lipinski definition) is 4. The lowest BCUT2D eigenvalue weighted by atomic mass is 9.88. The van der Waals surface area contributed by atoms with E-state index in [0.29, 0.717) is 12.8 Å². The molecule has 0 radical (unpaired) electrons. The standard InChI is InChI=1S/C21H25N3O2S/c1-5-21(26,6-2)13-8-7-12-9-15(22-14(12)10-13)18-19-16(23-24-18)11-17(27-19)20(3,4)25/h7-11,22,25-26H,5-6H2,1-4H3,(H,23,24). The van der Waals surface area contributed by atoms with Crippen molar-refractivity contribution in [3.8, 4) is 11.4 Å². The molecule has 0 aliphatic heterocycles. The van der Waals surface area contributed by atoms with Crippen LogP contribution in [0.25, 0.3) is 32.5 Å². The average molecular weight is 384 g/mol. The molecule has 4 N–H and O–H groups in total. The van der Waals surface area contributed by atoms with E-state index < -0.39 is 11.2 Å². The molecule has 0 saturated heterocycles. The van der Waals surface area contributed by atoms with Crippen LogP contribution >= 0.6 is 11.3 Å². The van der Waals surface area contributed by atoms with E-state index >= 15 is 0 Å². The van der Waals surface area contributed by atoms with Gasteiger partial charge in [0.25, 0.3) is 0 Å². The summed E-state index contributed by atoms with van der Waals surface area (Å²) in [4.78, 5) is 4.35. The van der Waals surface area contributed by atoms with Crippen LogP contribution in [0.3, 0.4) is 0 Å². The van der Waals surface area contributed by atoms with Crippen molar-refractivity contribution < 1.29 is 10.2 Å². The molecule has 0 unspecified atom stereocenters. The average Bonchev–Trinajstić information content (AvgIpc) is 3.32. The van der Waals surface area contributed by atoms with Gasteiger partial charge in [0.2, 0.25) is 0 Å². The molecular formula is C21H25N3O2S. The number of aliphatic hydroxyl groups is 2. The Balaban J connectivity index is 1.81. The molecule has 3 aromatic heterocycles. The van der Waals surface area contributed by atoms with Crippen LogP contribution in [-0.2, 0) is 11.2 Å². The lowest BCUT2D eigenvalue weighted by molar-refractivity contribution is 0.0285. The molecule has 142 valence electrons. The molecule has 0 aliphatic rings. The van der Waals surface area contributed by atoms with Gasteiger partial charge in [0.15, 0.2) is 0 Å². The van der Waals surface area contributed by atoms with E-state index in [4.69, 9.17) is 0 Å². The second kappa shape index (κ2) is 6.19. The Morgan fingerprint density at radius 3 is 2.44 bits per heavy atom. The maximum atomic E-state index is 10.8. The number of thiophene rings is 1. The fraction of sp³-hybridized carbons (Fsp3) is 0.381. The Kier molecular flexibility index (Phi) is 4.18. The van der Waals surface area contributed by atoms with Gasteiger partial charge in [-0.3, -0.25) is 5.10 Å². The smallest absolute Gasteiger partial charge is 0.126 e. The number of fused-ring (bicyclic) bond motifs is 2. The maximum Gasteiger partial charge on any atom is 0.126 e. The van der Waals surface area contributed by atoms with Crippen LogP contribution in [-0.4, -0.2) is 25.4 Å². The van der Waals surface area contributed by atoms with E-state index in [1.807, 2.05) is 38.1 Å². The first-order chi connectivity index (χ1) is 12.7. The van der Waals surface area contributed by atoms with Gasteiger partial charge in [0.05, 0.1) is 27.1 Å². The van der Waals surface area contributed by atoms with Crippen molar-refractivity contribution in [2.45, 2.75) is 51.7 Å². The van der Waals surface area contributed by atoms with E-state index in [2.05, 4.69) is 21.2 Å². The van der Waals surface area contributed by atoms with Gasteiger partial charge in [-0.1, -0.05) is 26.0 Å². The predicted molar refractivity (Wildman–Crippen MR) is 111 cm³/mol. The summed E-state index contributed by atoms with van der Waals surface area (Å²) >= 11 is 1.55. The van der Waals surface area contributed by atoms with Gasteiger partial charge < -0.3 is 15.2 Å². The van der Waals surface area contributed by atoms with Crippen molar-refractivity contribution in [2.75, 3.05) is 0 Å². The van der Waals surface area contributed by atoms with Crippen LogP contribution in [0.5, 0.6) is 0 Å². The summed E-state index contributed by atoms with van der Waals surface area (Å²) in [6.45, 7) is 7.59. The summed E-state index contributed by atoms with van der Waals surface area (Å²) < 4.78 is 1.03. The second-order valence-electron chi connectivity index (χ2n) is 7.71. The molecule has 0 bridgehead atoms. The third-order valence-corrected chi connectivity index (χ3v) is 6.88. The number of aromatic amines is 2. The highest BCUT2D eigenvalue weighted by molar-refractivity contribution is 7.19. The van der Waals surface area contributed by atoms with Gasteiger partial charge in [-0.2, -0.15) is 5.10 Å². The van der Waals surface area contributed by atoms with Gasteiger partial charge in [0.1, 0.15) is 5.69 Å². The number of rotatable bonds is 5. The third kappa shape index (κ3) is 2.98. The van der Waals surface area contributed by atoms with E-state index in [-0.39, 0.29) is 0 Å². The van der Waals surface area contributed by atoms with Gasteiger partial charge >= 0.3 is 0 Å². The number of nitrogens with zero attached hydrogens (tertiary/aromatic N) is 1. The van der Waals surface area contributed by atoms with Crippen LogP contribution in [0, 0.1) is 0 Å². The fourth-order valence-corrected chi connectivity index (χ4v) is 4.62. The summed E-state index contributed by atoms with van der Waals surface area (Å²) in [5.41, 5.74) is 2.95. The highest BCUT2D eigenvalue weighted by Crippen LogP contribution is 2.38. The largest absolute Gasteiger partial charge is 0.385 e. The van der Waals surface area contributed by atoms with Crippen LogP contribution < -0.4 is 0 Å². The van der Waals surface area contributed by atoms with E-state index in [1.54, 1.807) is 25.2 Å². The number of nitrogens with one attached hydrogen (secondary N) is 2. The molecule has 3 heterocycles. The number of aromatic nitrogens is 3. The quantitative estimate of drug-likeness (QED) is 0.391. The first-order valence-corrected chi connectivity index (χ1v) is 10.1. The minimum Gasteiger partial charge on any atom is -0.385 e. The van der Waals surface area contributed by atoms with Gasteiger partial charge in [-0.15, -0.1) is 11.3 Å². The van der Waals surface area contributed by atoms with Crippen LogP contribution in [0.15, 0.2) is 30.3 Å². The first kappa shape index (κ1) is 18.2. The van der Waals surface area contributed by atoms with Crippen molar-refractivity contribution >= 4 is 32.5 Å². The molecule has 0 fully saturated rings. The zero-order chi connectivity index (χ0) is 19.4. The van der Waals surface area contributed by atoms with Crippen molar-refractivity contribution in [3.63, 3.8) is 0 Å². The van der Waals surface area contributed by atoms with E-state index in [1.165, 1.54) is 0 Å². The summed E-state index contributed by atoms with van der Waals surface area (Å²) in [7, 11) is 0. The normalized spacial score (nSPS) is 13.1. The zero-order valence-electron chi connectivity index (χ0n) is 16.1. The molecule has 0 atom stereocenters. The maximum absolute atomic E-state index is 10.8. The monoisotopic (exact) mass is 383 g/mol. The zero-order valence-corrected chi connectivity index (χ0v) is 16.9. The highest BCUT2D eigenvalue weighted by atomic mass is 32.1. The van der Waals surface area contributed by atoms with Crippen molar-refractivity contribution in [1.82, 2.24) is 15.2 Å². The molecular weight excluding hydrogens is 358 g/mol.